The molecule has 0 aliphatic carbocycles. The van der Waals surface area contributed by atoms with Gasteiger partial charge in [-0.1, -0.05) is 30.3 Å². The minimum Gasteiger partial charge on any atom is -0.377 e. The Labute approximate surface area is 140 Å². The van der Waals surface area contributed by atoms with Crippen molar-refractivity contribution >= 4 is 11.8 Å². The second kappa shape index (κ2) is 8.83. The van der Waals surface area contributed by atoms with Crippen LogP contribution in [0.2, 0.25) is 0 Å². The van der Waals surface area contributed by atoms with Crippen LogP contribution in [0.5, 0.6) is 0 Å². The Balaban J connectivity index is 1.70. The fourth-order valence-corrected chi connectivity index (χ4v) is 2.05. The van der Waals surface area contributed by atoms with E-state index >= 15 is 0 Å². The molecule has 0 fully saturated rings. The molecule has 24 heavy (non-hydrogen) atoms. The molecule has 2 rings (SSSR count). The maximum Gasteiger partial charge on any atom is 0.322 e. The Bertz CT molecular complexity index is 715. The highest BCUT2D eigenvalue weighted by molar-refractivity contribution is 5.87. The van der Waals surface area contributed by atoms with Gasteiger partial charge in [0.15, 0.2) is 0 Å². The largest absolute Gasteiger partial charge is 0.377 e. The van der Waals surface area contributed by atoms with Crippen LogP contribution in [0.25, 0.3) is 0 Å². The fourth-order valence-electron chi connectivity index (χ4n) is 2.05. The first kappa shape index (κ1) is 17.7. The molecule has 2 aromatic rings. The van der Waals surface area contributed by atoms with E-state index < -0.39 is 0 Å². The number of nitrogens with zero attached hydrogens (tertiary/aromatic N) is 3. The summed E-state index contributed by atoms with van der Waals surface area (Å²) in [6.45, 7) is 1.63. The first-order valence-electron chi connectivity index (χ1n) is 7.73. The van der Waals surface area contributed by atoms with Crippen LogP contribution in [0.1, 0.15) is 12.0 Å². The van der Waals surface area contributed by atoms with Gasteiger partial charge >= 0.3 is 6.03 Å². The average Bonchev–Trinajstić information content (AvgIpc) is 2.59. The molecule has 0 saturated heterocycles. The lowest BCUT2D eigenvalue weighted by Crippen LogP contribution is -2.35. The molecule has 2 amide bonds. The van der Waals surface area contributed by atoms with Crippen molar-refractivity contribution in [3.63, 3.8) is 0 Å². The Hall–Kier alpha value is -2.67. The number of urea groups is 1. The molecule has 7 heteroatoms. The SMILES string of the molecule is CN(CCCOCc1ccccc1)C(=O)Nc1nccn(C)c1=O. The number of carbonyl (C=O) groups is 1. The van der Waals surface area contributed by atoms with Gasteiger partial charge in [0.1, 0.15) is 0 Å². The van der Waals surface area contributed by atoms with E-state index in [9.17, 15) is 9.59 Å². The van der Waals surface area contributed by atoms with Gasteiger partial charge in [-0.05, 0) is 12.0 Å². The second-order valence-electron chi connectivity index (χ2n) is 5.44. The van der Waals surface area contributed by atoms with Crippen molar-refractivity contribution in [1.29, 1.82) is 0 Å². The highest BCUT2D eigenvalue weighted by Gasteiger charge is 2.11. The number of hydrogen-bond acceptors (Lipinski definition) is 4. The van der Waals surface area contributed by atoms with E-state index in [-0.39, 0.29) is 17.4 Å². The molecule has 128 valence electrons. The van der Waals surface area contributed by atoms with E-state index in [1.807, 2.05) is 30.3 Å². The molecule has 0 aliphatic rings. The summed E-state index contributed by atoms with van der Waals surface area (Å²) in [5.74, 6) is 0.0252. The molecule has 0 radical (unpaired) electrons. The van der Waals surface area contributed by atoms with Crippen LogP contribution in [-0.4, -0.2) is 40.7 Å². The summed E-state index contributed by atoms with van der Waals surface area (Å²) in [6.07, 6.45) is 3.71. The number of aromatic nitrogens is 2. The monoisotopic (exact) mass is 330 g/mol. The second-order valence-corrected chi connectivity index (χ2v) is 5.44. The molecule has 1 aromatic heterocycles. The summed E-state index contributed by atoms with van der Waals surface area (Å²) >= 11 is 0. The normalized spacial score (nSPS) is 10.4. The minimum atomic E-state index is -0.367. The predicted molar refractivity (Wildman–Crippen MR) is 91.8 cm³/mol. The molecule has 1 N–H and O–H groups in total. The summed E-state index contributed by atoms with van der Waals surface area (Å²) in [5.41, 5.74) is 0.778. The summed E-state index contributed by atoms with van der Waals surface area (Å²) < 4.78 is 6.94. The molecule has 0 saturated carbocycles. The van der Waals surface area contributed by atoms with Crippen molar-refractivity contribution in [2.24, 2.45) is 7.05 Å². The molecule has 0 unspecified atom stereocenters. The smallest absolute Gasteiger partial charge is 0.322 e. The number of ether oxygens (including phenoxy) is 1. The van der Waals surface area contributed by atoms with Crippen LogP contribution >= 0.6 is 0 Å². The molecule has 1 heterocycles. The quantitative estimate of drug-likeness (QED) is 0.786. The van der Waals surface area contributed by atoms with Crippen LogP contribution in [0, 0.1) is 0 Å². The Morgan fingerprint density at radius 3 is 2.83 bits per heavy atom. The van der Waals surface area contributed by atoms with Gasteiger partial charge in [-0.2, -0.15) is 0 Å². The van der Waals surface area contributed by atoms with Crippen LogP contribution in [0.4, 0.5) is 10.6 Å². The third-order valence-corrected chi connectivity index (χ3v) is 3.48. The maximum atomic E-state index is 12.0. The van der Waals surface area contributed by atoms with Crippen molar-refractivity contribution in [1.82, 2.24) is 14.5 Å². The summed E-state index contributed by atoms with van der Waals surface area (Å²) in [7, 11) is 3.27. The van der Waals surface area contributed by atoms with E-state index in [1.54, 1.807) is 14.1 Å². The van der Waals surface area contributed by atoms with Gasteiger partial charge in [0.25, 0.3) is 5.56 Å². The topological polar surface area (TPSA) is 76.5 Å². The highest BCUT2D eigenvalue weighted by atomic mass is 16.5. The first-order valence-corrected chi connectivity index (χ1v) is 7.73. The van der Waals surface area contributed by atoms with Crippen molar-refractivity contribution in [2.75, 3.05) is 25.5 Å². The van der Waals surface area contributed by atoms with Crippen LogP contribution < -0.4 is 10.9 Å². The number of aryl methyl sites for hydroxylation is 1. The zero-order valence-corrected chi connectivity index (χ0v) is 13.9. The molecule has 0 atom stereocenters. The van der Waals surface area contributed by atoms with Crippen molar-refractivity contribution in [3.8, 4) is 0 Å². The van der Waals surface area contributed by atoms with Gasteiger partial charge < -0.3 is 14.2 Å². The molecular formula is C17H22N4O3. The number of rotatable bonds is 7. The molecular weight excluding hydrogens is 308 g/mol. The molecule has 0 bridgehead atoms. The van der Waals surface area contributed by atoms with Gasteiger partial charge in [-0.25, -0.2) is 9.78 Å². The summed E-state index contributed by atoms with van der Waals surface area (Å²) in [5, 5.41) is 2.52. The van der Waals surface area contributed by atoms with Crippen LogP contribution in [0.3, 0.4) is 0 Å². The lowest BCUT2D eigenvalue weighted by atomic mass is 10.2. The molecule has 7 nitrogen and oxygen atoms in total. The van der Waals surface area contributed by atoms with E-state index in [2.05, 4.69) is 10.3 Å². The number of benzene rings is 1. The third kappa shape index (κ3) is 5.20. The van der Waals surface area contributed by atoms with Gasteiger partial charge in [0.05, 0.1) is 6.61 Å². The van der Waals surface area contributed by atoms with E-state index in [0.717, 1.165) is 5.56 Å². The lowest BCUT2D eigenvalue weighted by Gasteiger charge is -2.17. The standard InChI is InChI=1S/C17H22N4O3/c1-20-11-9-18-15(16(20)22)19-17(23)21(2)10-6-12-24-13-14-7-4-3-5-8-14/h3-5,7-9,11H,6,10,12-13H2,1-2H3,(H,18,19,23). The van der Waals surface area contributed by atoms with E-state index in [1.165, 1.54) is 21.9 Å². The number of nitrogens with one attached hydrogen (secondary N) is 1. The lowest BCUT2D eigenvalue weighted by molar-refractivity contribution is 0.113. The molecule has 0 aliphatic heterocycles. The Morgan fingerprint density at radius 2 is 2.08 bits per heavy atom. The van der Waals surface area contributed by atoms with Gasteiger partial charge in [-0.15, -0.1) is 0 Å². The average molecular weight is 330 g/mol. The minimum absolute atomic E-state index is 0.0252. The number of hydrogen-bond donors (Lipinski definition) is 1. The number of carbonyl (C=O) groups excluding carboxylic acids is 1. The summed E-state index contributed by atoms with van der Waals surface area (Å²) in [6, 6.07) is 9.55. The highest BCUT2D eigenvalue weighted by Crippen LogP contribution is 2.01. The third-order valence-electron chi connectivity index (χ3n) is 3.48. The zero-order valence-electron chi connectivity index (χ0n) is 13.9. The van der Waals surface area contributed by atoms with E-state index in [0.29, 0.717) is 26.2 Å². The Kier molecular flexibility index (Phi) is 6.51. The van der Waals surface area contributed by atoms with Crippen molar-refractivity contribution < 1.29 is 9.53 Å². The predicted octanol–water partition coefficient (Wildman–Crippen LogP) is 1.85. The Morgan fingerprint density at radius 1 is 1.33 bits per heavy atom. The number of amides is 2. The number of anilines is 1. The van der Waals surface area contributed by atoms with Gasteiger partial charge in [0.2, 0.25) is 5.82 Å². The van der Waals surface area contributed by atoms with Crippen molar-refractivity contribution in [3.05, 3.63) is 58.6 Å². The zero-order chi connectivity index (χ0) is 17.4. The molecule has 0 spiro atoms. The fraction of sp³-hybridized carbons (Fsp3) is 0.353. The van der Waals surface area contributed by atoms with E-state index in [4.69, 9.17) is 4.74 Å². The summed E-state index contributed by atoms with van der Waals surface area (Å²) in [4.78, 5) is 29.2. The van der Waals surface area contributed by atoms with Gasteiger partial charge in [0, 0.05) is 39.6 Å². The maximum absolute atomic E-state index is 12.0. The van der Waals surface area contributed by atoms with Gasteiger partial charge in [-0.3, -0.25) is 10.1 Å². The van der Waals surface area contributed by atoms with Crippen LogP contribution in [0.15, 0.2) is 47.5 Å². The van der Waals surface area contributed by atoms with Crippen LogP contribution in [-0.2, 0) is 18.4 Å². The first-order chi connectivity index (χ1) is 11.6. The van der Waals surface area contributed by atoms with Crippen molar-refractivity contribution in [2.45, 2.75) is 13.0 Å². The molecule has 1 aromatic carbocycles.